The molecule has 1 aliphatic rings. The molecule has 1 atom stereocenters. The minimum absolute atomic E-state index is 0.0809. The van der Waals surface area contributed by atoms with Crippen LogP contribution in [-0.2, 0) is 6.42 Å². The van der Waals surface area contributed by atoms with E-state index in [2.05, 4.69) is 11.4 Å². The van der Waals surface area contributed by atoms with Gasteiger partial charge in [-0.15, -0.1) is 0 Å². The second-order valence-electron chi connectivity index (χ2n) is 7.26. The molecule has 4 nitrogen and oxygen atoms in total. The highest BCUT2D eigenvalue weighted by Crippen LogP contribution is 2.33. The van der Waals surface area contributed by atoms with Gasteiger partial charge in [-0.1, -0.05) is 36.4 Å². The van der Waals surface area contributed by atoms with Crippen molar-refractivity contribution < 1.29 is 9.59 Å². The quantitative estimate of drug-likeness (QED) is 0.717. The zero-order valence-corrected chi connectivity index (χ0v) is 16.0. The van der Waals surface area contributed by atoms with Crippen LogP contribution in [0.1, 0.15) is 38.8 Å². The van der Waals surface area contributed by atoms with Crippen molar-refractivity contribution in [1.29, 1.82) is 0 Å². The summed E-state index contributed by atoms with van der Waals surface area (Å²) in [6.07, 6.45) is 0.843. The van der Waals surface area contributed by atoms with Gasteiger partial charge in [0.05, 0.1) is 0 Å². The molecule has 1 aliphatic heterocycles. The number of rotatable bonds is 3. The second-order valence-corrected chi connectivity index (χ2v) is 7.26. The molecule has 1 N–H and O–H groups in total. The second kappa shape index (κ2) is 7.31. The Morgan fingerprint density at radius 2 is 1.68 bits per heavy atom. The Morgan fingerprint density at radius 1 is 0.929 bits per heavy atom. The third-order valence-electron chi connectivity index (χ3n) is 5.07. The molecule has 1 heterocycles. The molecule has 3 aromatic rings. The number of benzene rings is 3. The molecule has 4 rings (SSSR count). The van der Waals surface area contributed by atoms with E-state index in [0.29, 0.717) is 11.1 Å². The van der Waals surface area contributed by atoms with Crippen LogP contribution in [0, 0.1) is 6.92 Å². The van der Waals surface area contributed by atoms with E-state index in [1.807, 2.05) is 61.2 Å². The number of para-hydroxylation sites is 1. The van der Waals surface area contributed by atoms with Crippen LogP contribution in [0.3, 0.4) is 0 Å². The molecule has 2 amide bonds. The van der Waals surface area contributed by atoms with Crippen LogP contribution < -0.4 is 10.2 Å². The molecule has 140 valence electrons. The van der Waals surface area contributed by atoms with Gasteiger partial charge in [-0.25, -0.2) is 0 Å². The van der Waals surface area contributed by atoms with E-state index in [9.17, 15) is 9.59 Å². The van der Waals surface area contributed by atoms with Crippen LogP contribution in [0.25, 0.3) is 0 Å². The Kier molecular flexibility index (Phi) is 4.70. The fourth-order valence-corrected chi connectivity index (χ4v) is 3.73. The van der Waals surface area contributed by atoms with E-state index in [4.69, 9.17) is 0 Å². The van der Waals surface area contributed by atoms with Crippen LogP contribution in [0.15, 0.2) is 72.8 Å². The van der Waals surface area contributed by atoms with Crippen molar-refractivity contribution in [3.8, 4) is 0 Å². The first-order valence-corrected chi connectivity index (χ1v) is 9.42. The van der Waals surface area contributed by atoms with Crippen LogP contribution in [0.4, 0.5) is 11.4 Å². The molecular formula is C24H22N2O2. The molecule has 3 aromatic carbocycles. The highest BCUT2D eigenvalue weighted by Gasteiger charge is 2.31. The molecule has 0 fully saturated rings. The largest absolute Gasteiger partial charge is 0.322 e. The normalized spacial score (nSPS) is 15.2. The van der Waals surface area contributed by atoms with Gasteiger partial charge < -0.3 is 10.2 Å². The summed E-state index contributed by atoms with van der Waals surface area (Å²) in [5.74, 6) is -0.308. The van der Waals surface area contributed by atoms with Gasteiger partial charge in [0.25, 0.3) is 11.8 Å². The minimum atomic E-state index is -0.227. The summed E-state index contributed by atoms with van der Waals surface area (Å²) in [7, 11) is 0. The number of hydrogen-bond donors (Lipinski definition) is 1. The third kappa shape index (κ3) is 3.41. The summed E-state index contributed by atoms with van der Waals surface area (Å²) in [6.45, 7) is 4.02. The van der Waals surface area contributed by atoms with Gasteiger partial charge in [-0.2, -0.15) is 0 Å². The molecule has 0 bridgehead atoms. The molecular weight excluding hydrogens is 348 g/mol. The zero-order valence-electron chi connectivity index (χ0n) is 16.0. The Hall–Kier alpha value is -3.40. The summed E-state index contributed by atoms with van der Waals surface area (Å²) in [5.41, 5.74) is 4.92. The van der Waals surface area contributed by atoms with Gasteiger partial charge in [-0.3, -0.25) is 9.59 Å². The molecule has 0 aliphatic carbocycles. The summed E-state index contributed by atoms with van der Waals surface area (Å²) < 4.78 is 0. The van der Waals surface area contributed by atoms with E-state index in [1.54, 1.807) is 24.3 Å². The van der Waals surface area contributed by atoms with Crippen molar-refractivity contribution in [2.45, 2.75) is 26.3 Å². The number of nitrogens with zero attached hydrogens (tertiary/aromatic N) is 1. The Morgan fingerprint density at radius 3 is 2.50 bits per heavy atom. The molecule has 0 spiro atoms. The maximum absolute atomic E-state index is 13.2. The number of fused-ring (bicyclic) bond motifs is 1. The van der Waals surface area contributed by atoms with Crippen molar-refractivity contribution in [1.82, 2.24) is 0 Å². The first kappa shape index (κ1) is 18.0. The van der Waals surface area contributed by atoms with Crippen LogP contribution >= 0.6 is 0 Å². The number of aryl methyl sites for hydroxylation is 1. The van der Waals surface area contributed by atoms with E-state index in [0.717, 1.165) is 23.4 Å². The van der Waals surface area contributed by atoms with Gasteiger partial charge in [0, 0.05) is 28.5 Å². The Labute approximate surface area is 164 Å². The predicted molar refractivity (Wildman–Crippen MR) is 112 cm³/mol. The lowest BCUT2D eigenvalue weighted by molar-refractivity contribution is 0.0981. The monoisotopic (exact) mass is 370 g/mol. The summed E-state index contributed by atoms with van der Waals surface area (Å²) in [5, 5.41) is 2.90. The van der Waals surface area contributed by atoms with Crippen LogP contribution in [0.2, 0.25) is 0 Å². The van der Waals surface area contributed by atoms with Gasteiger partial charge >= 0.3 is 0 Å². The maximum Gasteiger partial charge on any atom is 0.258 e. The average Bonchev–Trinajstić information content (AvgIpc) is 3.03. The van der Waals surface area contributed by atoms with Crippen LogP contribution in [-0.4, -0.2) is 17.9 Å². The molecule has 0 saturated carbocycles. The summed E-state index contributed by atoms with van der Waals surface area (Å²) in [6, 6.07) is 22.6. The van der Waals surface area contributed by atoms with Gasteiger partial charge in [0.1, 0.15) is 0 Å². The summed E-state index contributed by atoms with van der Waals surface area (Å²) >= 11 is 0. The fraction of sp³-hybridized carbons (Fsp3) is 0.167. The first-order chi connectivity index (χ1) is 13.5. The Balaban J connectivity index is 1.58. The van der Waals surface area contributed by atoms with Crippen molar-refractivity contribution in [3.63, 3.8) is 0 Å². The van der Waals surface area contributed by atoms with E-state index < -0.39 is 0 Å². The number of amides is 2. The molecule has 0 aromatic heterocycles. The van der Waals surface area contributed by atoms with Gasteiger partial charge in [-0.05, 0) is 67.8 Å². The Bertz CT molecular complexity index is 1060. The molecule has 28 heavy (non-hydrogen) atoms. The van der Waals surface area contributed by atoms with Crippen molar-refractivity contribution in [2.75, 3.05) is 10.2 Å². The fourth-order valence-electron chi connectivity index (χ4n) is 3.73. The molecule has 0 radical (unpaired) electrons. The number of hydrogen-bond acceptors (Lipinski definition) is 2. The molecule has 1 unspecified atom stereocenters. The number of nitrogens with one attached hydrogen (secondary N) is 1. The van der Waals surface area contributed by atoms with Crippen LogP contribution in [0.5, 0.6) is 0 Å². The number of anilines is 2. The average molecular weight is 370 g/mol. The SMILES string of the molecule is Cc1cccc(NC(=O)c2cccc(C(=O)N3c4ccccc4CC3C)c2)c1. The van der Waals surface area contributed by atoms with E-state index >= 15 is 0 Å². The number of carbonyl (C=O) groups excluding carboxylic acids is 2. The van der Waals surface area contributed by atoms with Gasteiger partial charge in [0.2, 0.25) is 0 Å². The van der Waals surface area contributed by atoms with Gasteiger partial charge in [0.15, 0.2) is 0 Å². The first-order valence-electron chi connectivity index (χ1n) is 9.42. The topological polar surface area (TPSA) is 49.4 Å². The standard InChI is InChI=1S/C24H22N2O2/c1-16-7-5-11-21(13-16)25-23(27)19-9-6-10-20(15-19)24(28)26-17(2)14-18-8-3-4-12-22(18)26/h3-13,15,17H,14H2,1-2H3,(H,25,27). The highest BCUT2D eigenvalue weighted by molar-refractivity contribution is 6.10. The van der Waals surface area contributed by atoms with Crippen molar-refractivity contribution >= 4 is 23.2 Å². The minimum Gasteiger partial charge on any atom is -0.322 e. The third-order valence-corrected chi connectivity index (χ3v) is 5.07. The molecule has 4 heteroatoms. The molecule has 0 saturated heterocycles. The zero-order chi connectivity index (χ0) is 19.7. The smallest absolute Gasteiger partial charge is 0.258 e. The predicted octanol–water partition coefficient (Wildman–Crippen LogP) is 4.84. The lowest BCUT2D eigenvalue weighted by Crippen LogP contribution is -2.35. The van der Waals surface area contributed by atoms with Crippen molar-refractivity contribution in [3.05, 3.63) is 95.1 Å². The number of carbonyl (C=O) groups is 2. The lowest BCUT2D eigenvalue weighted by atomic mass is 10.1. The lowest BCUT2D eigenvalue weighted by Gasteiger charge is -2.23. The van der Waals surface area contributed by atoms with E-state index in [-0.39, 0.29) is 17.9 Å². The maximum atomic E-state index is 13.2. The van der Waals surface area contributed by atoms with Crippen molar-refractivity contribution in [2.24, 2.45) is 0 Å². The summed E-state index contributed by atoms with van der Waals surface area (Å²) in [4.78, 5) is 27.7. The highest BCUT2D eigenvalue weighted by atomic mass is 16.2. The van der Waals surface area contributed by atoms with E-state index in [1.165, 1.54) is 5.56 Å².